The summed E-state index contributed by atoms with van der Waals surface area (Å²) in [4.78, 5) is 23.6. The first-order chi connectivity index (χ1) is 18.3. The molecule has 2 unspecified atom stereocenters. The van der Waals surface area contributed by atoms with Gasteiger partial charge in [-0.1, -0.05) is 0 Å². The third-order valence-corrected chi connectivity index (χ3v) is 7.08. The number of piperazine rings is 1. The van der Waals surface area contributed by atoms with E-state index in [1.165, 1.54) is 6.92 Å². The van der Waals surface area contributed by atoms with Crippen molar-refractivity contribution in [3.05, 3.63) is 46.8 Å². The number of nitriles is 1. The minimum atomic E-state index is -1.23. The molecule has 0 radical (unpaired) electrons. The van der Waals surface area contributed by atoms with Crippen molar-refractivity contribution in [3.8, 4) is 17.2 Å². The first kappa shape index (κ1) is 26.5. The number of aryl methyl sites for hydroxylation is 1. The molecule has 2 N–H and O–H groups in total. The number of amides is 1. The van der Waals surface area contributed by atoms with Crippen molar-refractivity contribution in [2.45, 2.75) is 58.2 Å². The molecule has 0 aliphatic carbocycles. The molecule has 12 heteroatoms. The average Bonchev–Trinajstić information content (AvgIpc) is 3.11. The molecule has 204 valence electrons. The number of rotatable bonds is 2. The monoisotopic (exact) mass is 542 g/mol. The second kappa shape index (κ2) is 9.25. The van der Waals surface area contributed by atoms with Crippen LogP contribution in [0.1, 0.15) is 44.7 Å². The van der Waals surface area contributed by atoms with Crippen molar-refractivity contribution in [2.75, 3.05) is 23.7 Å². The fourth-order valence-corrected chi connectivity index (χ4v) is 5.47. The van der Waals surface area contributed by atoms with Crippen LogP contribution in [-0.2, 0) is 4.74 Å². The Morgan fingerprint density at radius 2 is 1.74 bits per heavy atom. The Morgan fingerprint density at radius 1 is 1.10 bits per heavy atom. The molecule has 0 spiro atoms. The highest BCUT2D eigenvalue weighted by atomic mass is 19.1. The van der Waals surface area contributed by atoms with Gasteiger partial charge in [-0.05, 0) is 58.2 Å². The molecule has 2 atom stereocenters. The van der Waals surface area contributed by atoms with Gasteiger partial charge in [0.25, 0.3) is 0 Å². The van der Waals surface area contributed by atoms with Gasteiger partial charge < -0.3 is 15.4 Å². The van der Waals surface area contributed by atoms with E-state index in [4.69, 9.17) is 10.5 Å². The lowest BCUT2D eigenvalue weighted by atomic mass is 9.94. The molecule has 2 saturated heterocycles. The van der Waals surface area contributed by atoms with Gasteiger partial charge in [-0.25, -0.2) is 18.0 Å². The van der Waals surface area contributed by atoms with E-state index in [0.29, 0.717) is 12.8 Å². The molecule has 2 aromatic carbocycles. The maximum atomic E-state index is 15.9. The predicted molar refractivity (Wildman–Crippen MR) is 136 cm³/mol. The minimum Gasteiger partial charge on any atom is -0.444 e. The van der Waals surface area contributed by atoms with Crippen LogP contribution in [0, 0.1) is 41.8 Å². The van der Waals surface area contributed by atoms with Gasteiger partial charge in [0.2, 0.25) is 0 Å². The van der Waals surface area contributed by atoms with Crippen molar-refractivity contribution in [2.24, 2.45) is 0 Å². The smallest absolute Gasteiger partial charge is 0.410 e. The molecule has 1 aromatic heterocycles. The number of fused-ring (bicyclic) bond motifs is 3. The van der Waals surface area contributed by atoms with E-state index in [1.807, 2.05) is 0 Å². The molecule has 2 bridgehead atoms. The lowest BCUT2D eigenvalue weighted by Gasteiger charge is -2.42. The standard InChI is InChI=1S/C27H26F4N6O2/c1-12-7-15(17(9-32)22(33)20(12)29)19-18(28)8-16-23(21(19)30)34-25(31)35-24(16)36-10-13-5-6-14(11-36)37(13)26(38)39-27(2,3)4/h7-8,13-14H,5-6,10-11,33H2,1-4H3. The quantitative estimate of drug-likeness (QED) is 0.269. The molecule has 0 saturated carbocycles. The Balaban J connectivity index is 1.59. The van der Waals surface area contributed by atoms with E-state index in [9.17, 15) is 18.8 Å². The van der Waals surface area contributed by atoms with Crippen molar-refractivity contribution < 1.29 is 27.1 Å². The lowest BCUT2D eigenvalue weighted by molar-refractivity contribution is 0.0122. The van der Waals surface area contributed by atoms with Gasteiger partial charge in [0, 0.05) is 24.0 Å². The van der Waals surface area contributed by atoms with Crippen LogP contribution in [0.15, 0.2) is 12.1 Å². The second-order valence-electron chi connectivity index (χ2n) is 10.9. The number of nitrogen functional groups attached to an aromatic ring is 1. The van der Waals surface area contributed by atoms with Gasteiger partial charge in [0.05, 0.1) is 28.9 Å². The highest BCUT2D eigenvalue weighted by Crippen LogP contribution is 2.40. The number of aromatic nitrogens is 2. The van der Waals surface area contributed by atoms with Gasteiger partial charge in [0.15, 0.2) is 5.82 Å². The highest BCUT2D eigenvalue weighted by Gasteiger charge is 2.45. The van der Waals surface area contributed by atoms with Gasteiger partial charge in [-0.3, -0.25) is 4.90 Å². The minimum absolute atomic E-state index is 0.0158. The number of benzene rings is 2. The summed E-state index contributed by atoms with van der Waals surface area (Å²) < 4.78 is 66.0. The molecular weight excluding hydrogens is 516 g/mol. The van der Waals surface area contributed by atoms with Crippen molar-refractivity contribution in [3.63, 3.8) is 0 Å². The number of halogens is 4. The number of hydrogen-bond donors (Lipinski definition) is 1. The third kappa shape index (κ3) is 4.45. The van der Waals surface area contributed by atoms with Crippen molar-refractivity contribution in [1.29, 1.82) is 5.26 Å². The fraction of sp³-hybridized carbons (Fsp3) is 0.407. The SMILES string of the molecule is Cc1cc(-c2c(F)cc3c(N4CC5CCC(C4)N5C(=O)OC(C)(C)C)nc(F)nc3c2F)c(C#N)c(N)c1F. The topological polar surface area (TPSA) is 108 Å². The van der Waals surface area contributed by atoms with Gasteiger partial charge >= 0.3 is 12.2 Å². The van der Waals surface area contributed by atoms with Crippen LogP contribution in [-0.4, -0.2) is 51.7 Å². The van der Waals surface area contributed by atoms with Crippen LogP contribution in [0.2, 0.25) is 0 Å². The zero-order valence-corrected chi connectivity index (χ0v) is 21.8. The number of carbonyl (C=O) groups excluding carboxylic acids is 1. The predicted octanol–water partition coefficient (Wildman–Crippen LogP) is 5.20. The molecule has 1 amide bonds. The maximum Gasteiger partial charge on any atom is 0.410 e. The third-order valence-electron chi connectivity index (χ3n) is 7.08. The Morgan fingerprint density at radius 3 is 2.33 bits per heavy atom. The first-order valence-electron chi connectivity index (χ1n) is 12.4. The molecule has 2 fully saturated rings. The molecule has 2 aliphatic rings. The summed E-state index contributed by atoms with van der Waals surface area (Å²) in [7, 11) is 0. The van der Waals surface area contributed by atoms with E-state index in [1.54, 1.807) is 36.6 Å². The van der Waals surface area contributed by atoms with E-state index in [-0.39, 0.29) is 47.5 Å². The Bertz CT molecular complexity index is 1550. The van der Waals surface area contributed by atoms with Gasteiger partial charge in [0.1, 0.15) is 34.6 Å². The number of nitrogens with zero attached hydrogens (tertiary/aromatic N) is 5. The van der Waals surface area contributed by atoms with E-state index in [0.717, 1.165) is 12.1 Å². The second-order valence-corrected chi connectivity index (χ2v) is 10.9. The summed E-state index contributed by atoms with van der Waals surface area (Å²) in [6.45, 7) is 7.17. The largest absolute Gasteiger partial charge is 0.444 e. The zero-order chi connectivity index (χ0) is 28.4. The summed E-state index contributed by atoms with van der Waals surface area (Å²) in [6, 6.07) is 3.26. The van der Waals surface area contributed by atoms with Crippen LogP contribution < -0.4 is 10.6 Å². The number of nitrogens with two attached hydrogens (primary N) is 1. The van der Waals surface area contributed by atoms with E-state index < -0.39 is 57.6 Å². The Labute approximate surface area is 222 Å². The molecule has 5 rings (SSSR count). The van der Waals surface area contributed by atoms with Crippen LogP contribution in [0.4, 0.5) is 33.9 Å². The summed E-state index contributed by atoms with van der Waals surface area (Å²) in [5, 5.41) is 9.46. The van der Waals surface area contributed by atoms with E-state index in [2.05, 4.69) is 9.97 Å². The summed E-state index contributed by atoms with van der Waals surface area (Å²) in [6.07, 6.45) is -0.314. The summed E-state index contributed by atoms with van der Waals surface area (Å²) >= 11 is 0. The maximum absolute atomic E-state index is 15.9. The summed E-state index contributed by atoms with van der Waals surface area (Å²) in [5.74, 6) is -3.19. The van der Waals surface area contributed by atoms with Crippen molar-refractivity contribution >= 4 is 28.5 Å². The van der Waals surface area contributed by atoms with Crippen LogP contribution >= 0.6 is 0 Å². The molecule has 2 aliphatic heterocycles. The molecule has 3 aromatic rings. The molecule has 8 nitrogen and oxygen atoms in total. The molecule has 39 heavy (non-hydrogen) atoms. The number of anilines is 2. The van der Waals surface area contributed by atoms with Gasteiger partial charge in [-0.15, -0.1) is 0 Å². The van der Waals surface area contributed by atoms with Gasteiger partial charge in [-0.2, -0.15) is 19.6 Å². The highest BCUT2D eigenvalue weighted by molar-refractivity contribution is 5.94. The lowest BCUT2D eigenvalue weighted by Crippen LogP contribution is -2.57. The summed E-state index contributed by atoms with van der Waals surface area (Å²) in [5.41, 5.74) is 2.59. The van der Waals surface area contributed by atoms with E-state index >= 15 is 8.78 Å². The average molecular weight is 543 g/mol. The molecular formula is C27H26F4N6O2. The Kier molecular flexibility index (Phi) is 6.28. The fourth-order valence-electron chi connectivity index (χ4n) is 5.47. The zero-order valence-electron chi connectivity index (χ0n) is 21.8. The van der Waals surface area contributed by atoms with Crippen molar-refractivity contribution in [1.82, 2.24) is 14.9 Å². The number of carbonyl (C=O) groups is 1. The number of ether oxygens (including phenoxy) is 1. The van der Waals surface area contributed by atoms with Crippen LogP contribution in [0.3, 0.4) is 0 Å². The normalized spacial score (nSPS) is 18.9. The van der Waals surface area contributed by atoms with Crippen LogP contribution in [0.25, 0.3) is 22.0 Å². The van der Waals surface area contributed by atoms with Crippen LogP contribution in [0.5, 0.6) is 0 Å². The molecule has 3 heterocycles. The Hall–Kier alpha value is -4.14. The first-order valence-corrected chi connectivity index (χ1v) is 12.4. The number of hydrogen-bond acceptors (Lipinski definition) is 7.